The number of carbonyl (C=O) groups is 2. The van der Waals surface area contributed by atoms with Gasteiger partial charge in [-0.1, -0.05) is 6.07 Å². The molecule has 0 aliphatic heterocycles. The van der Waals surface area contributed by atoms with Crippen LogP contribution in [0.5, 0.6) is 0 Å². The van der Waals surface area contributed by atoms with E-state index in [1.54, 1.807) is 13.2 Å². The molecule has 0 atom stereocenters. The van der Waals surface area contributed by atoms with Crippen molar-refractivity contribution in [1.29, 1.82) is 0 Å². The summed E-state index contributed by atoms with van der Waals surface area (Å²) in [5.74, 6) is -0.0394. The maximum Gasteiger partial charge on any atom is 0.250 e. The van der Waals surface area contributed by atoms with Gasteiger partial charge < -0.3 is 20.1 Å². The molecule has 6 heteroatoms. The molecule has 2 rings (SSSR count). The lowest BCUT2D eigenvalue weighted by Gasteiger charge is -2.11. The van der Waals surface area contributed by atoms with Crippen LogP contribution in [0.1, 0.15) is 18.4 Å². The molecule has 0 radical (unpaired) electrons. The number of nitrogens with one attached hydrogen (secondary N) is 2. The molecular weight excluding hydrogens is 284 g/mol. The third kappa shape index (κ3) is 5.13. The highest BCUT2D eigenvalue weighted by Gasteiger charge is 2.29. The number of methoxy groups -OCH3 is 1. The summed E-state index contributed by atoms with van der Waals surface area (Å²) in [7, 11) is 1.58. The minimum Gasteiger partial charge on any atom is -0.382 e. The van der Waals surface area contributed by atoms with Gasteiger partial charge in [-0.2, -0.15) is 0 Å². The zero-order chi connectivity index (χ0) is 15.9. The van der Waals surface area contributed by atoms with E-state index < -0.39 is 0 Å². The number of ether oxygens (including phenoxy) is 2. The highest BCUT2D eigenvalue weighted by atomic mass is 16.5. The normalized spacial score (nSPS) is 13.7. The van der Waals surface area contributed by atoms with Crippen LogP contribution in [0.4, 0.5) is 11.4 Å². The first-order valence-corrected chi connectivity index (χ1v) is 7.38. The molecule has 2 N–H and O–H groups in total. The molecule has 1 aliphatic rings. The Morgan fingerprint density at radius 1 is 1.23 bits per heavy atom. The molecule has 1 saturated carbocycles. The van der Waals surface area contributed by atoms with Crippen molar-refractivity contribution in [3.05, 3.63) is 23.8 Å². The standard InChI is InChI=1S/C16H22N2O4/c1-11-3-6-13(17-16(20)12-4-5-12)9-14(11)18-15(19)10-22-8-7-21-2/h3,6,9,12H,4-5,7-8,10H2,1-2H3,(H,17,20)(H,18,19). The second-order valence-electron chi connectivity index (χ2n) is 5.39. The third-order valence-electron chi connectivity index (χ3n) is 3.39. The van der Waals surface area contributed by atoms with Crippen molar-refractivity contribution >= 4 is 23.2 Å². The Labute approximate surface area is 130 Å². The third-order valence-corrected chi connectivity index (χ3v) is 3.39. The maximum atomic E-state index is 11.8. The van der Waals surface area contributed by atoms with Gasteiger partial charge in [0.25, 0.3) is 0 Å². The van der Waals surface area contributed by atoms with E-state index in [4.69, 9.17) is 9.47 Å². The van der Waals surface area contributed by atoms with Gasteiger partial charge in [-0.3, -0.25) is 9.59 Å². The van der Waals surface area contributed by atoms with E-state index in [1.807, 2.05) is 19.1 Å². The molecule has 1 aromatic rings. The lowest BCUT2D eigenvalue weighted by Crippen LogP contribution is -2.20. The van der Waals surface area contributed by atoms with Crippen LogP contribution in [0.3, 0.4) is 0 Å². The average molecular weight is 306 g/mol. The van der Waals surface area contributed by atoms with E-state index in [2.05, 4.69) is 10.6 Å². The van der Waals surface area contributed by atoms with E-state index in [0.29, 0.717) is 24.6 Å². The molecule has 2 amide bonds. The lowest BCUT2D eigenvalue weighted by atomic mass is 10.1. The van der Waals surface area contributed by atoms with Crippen molar-refractivity contribution in [3.63, 3.8) is 0 Å². The van der Waals surface area contributed by atoms with Gasteiger partial charge in [0.15, 0.2) is 0 Å². The number of amides is 2. The first-order valence-electron chi connectivity index (χ1n) is 7.38. The predicted octanol–water partition coefficient (Wildman–Crippen LogP) is 1.95. The van der Waals surface area contributed by atoms with E-state index >= 15 is 0 Å². The van der Waals surface area contributed by atoms with Crippen LogP contribution in [-0.2, 0) is 19.1 Å². The van der Waals surface area contributed by atoms with Crippen LogP contribution < -0.4 is 10.6 Å². The van der Waals surface area contributed by atoms with Gasteiger partial charge in [0.1, 0.15) is 6.61 Å². The van der Waals surface area contributed by atoms with E-state index in [-0.39, 0.29) is 24.3 Å². The number of hydrogen-bond donors (Lipinski definition) is 2. The first kappa shape index (κ1) is 16.5. The molecule has 0 saturated heterocycles. The van der Waals surface area contributed by atoms with E-state index in [9.17, 15) is 9.59 Å². The van der Waals surface area contributed by atoms with Crippen LogP contribution in [0, 0.1) is 12.8 Å². The number of rotatable bonds is 8. The average Bonchev–Trinajstić information content (AvgIpc) is 3.32. The van der Waals surface area contributed by atoms with Crippen LogP contribution in [-0.4, -0.2) is 38.7 Å². The molecular formula is C16H22N2O4. The molecule has 6 nitrogen and oxygen atoms in total. The second-order valence-corrected chi connectivity index (χ2v) is 5.39. The lowest BCUT2D eigenvalue weighted by molar-refractivity contribution is -0.121. The zero-order valence-corrected chi connectivity index (χ0v) is 13.0. The SMILES string of the molecule is COCCOCC(=O)Nc1cc(NC(=O)C2CC2)ccc1C. The van der Waals surface area contributed by atoms with E-state index in [1.165, 1.54) is 0 Å². The minimum atomic E-state index is -0.232. The van der Waals surface area contributed by atoms with Crippen LogP contribution >= 0.6 is 0 Å². The fourth-order valence-electron chi connectivity index (χ4n) is 1.92. The molecule has 1 fully saturated rings. The highest BCUT2D eigenvalue weighted by Crippen LogP contribution is 2.30. The molecule has 0 spiro atoms. The fourth-order valence-corrected chi connectivity index (χ4v) is 1.92. The highest BCUT2D eigenvalue weighted by molar-refractivity contribution is 5.96. The van der Waals surface area contributed by atoms with Crippen molar-refractivity contribution in [3.8, 4) is 0 Å². The van der Waals surface area contributed by atoms with Crippen molar-refractivity contribution in [2.75, 3.05) is 37.6 Å². The van der Waals surface area contributed by atoms with Crippen LogP contribution in [0.2, 0.25) is 0 Å². The van der Waals surface area contributed by atoms with Crippen molar-refractivity contribution < 1.29 is 19.1 Å². The quantitative estimate of drug-likeness (QED) is 0.720. The summed E-state index contributed by atoms with van der Waals surface area (Å²) < 4.78 is 10.0. The summed E-state index contributed by atoms with van der Waals surface area (Å²) in [6.45, 7) is 2.70. The van der Waals surface area contributed by atoms with Gasteiger partial charge in [0.2, 0.25) is 11.8 Å². The summed E-state index contributed by atoms with van der Waals surface area (Å²) >= 11 is 0. The number of hydrogen-bond acceptors (Lipinski definition) is 4. The Morgan fingerprint density at radius 2 is 2.00 bits per heavy atom. The van der Waals surface area contributed by atoms with Crippen LogP contribution in [0.25, 0.3) is 0 Å². The van der Waals surface area contributed by atoms with Gasteiger partial charge in [0, 0.05) is 24.4 Å². The molecule has 0 bridgehead atoms. The van der Waals surface area contributed by atoms with Gasteiger partial charge in [-0.15, -0.1) is 0 Å². The summed E-state index contributed by atoms with van der Waals surface area (Å²) in [6, 6.07) is 5.47. The Hall–Kier alpha value is -1.92. The molecule has 1 aromatic carbocycles. The number of carbonyl (C=O) groups excluding carboxylic acids is 2. The Balaban J connectivity index is 1.88. The van der Waals surface area contributed by atoms with Crippen molar-refractivity contribution in [2.45, 2.75) is 19.8 Å². The summed E-state index contributed by atoms with van der Waals surface area (Å²) in [5, 5.41) is 5.66. The van der Waals surface area contributed by atoms with Gasteiger partial charge in [-0.05, 0) is 37.5 Å². The van der Waals surface area contributed by atoms with Crippen molar-refractivity contribution in [2.24, 2.45) is 5.92 Å². The fraction of sp³-hybridized carbons (Fsp3) is 0.500. The van der Waals surface area contributed by atoms with Gasteiger partial charge in [0.05, 0.1) is 13.2 Å². The van der Waals surface area contributed by atoms with E-state index in [0.717, 1.165) is 18.4 Å². The minimum absolute atomic E-state index is 0.0263. The smallest absolute Gasteiger partial charge is 0.250 e. The maximum absolute atomic E-state index is 11.8. The number of anilines is 2. The first-order chi connectivity index (χ1) is 10.6. The number of aryl methyl sites for hydroxylation is 1. The van der Waals surface area contributed by atoms with Crippen LogP contribution in [0.15, 0.2) is 18.2 Å². The summed E-state index contributed by atoms with van der Waals surface area (Å²) in [5.41, 5.74) is 2.29. The monoisotopic (exact) mass is 306 g/mol. The molecule has 22 heavy (non-hydrogen) atoms. The molecule has 0 aromatic heterocycles. The summed E-state index contributed by atoms with van der Waals surface area (Å²) in [4.78, 5) is 23.6. The Morgan fingerprint density at radius 3 is 2.68 bits per heavy atom. The Bertz CT molecular complexity index is 541. The predicted molar refractivity (Wildman–Crippen MR) is 83.9 cm³/mol. The van der Waals surface area contributed by atoms with Gasteiger partial charge >= 0.3 is 0 Å². The molecule has 0 unspecified atom stereocenters. The topological polar surface area (TPSA) is 76.7 Å². The molecule has 1 aliphatic carbocycles. The largest absolute Gasteiger partial charge is 0.382 e. The molecule has 0 heterocycles. The second kappa shape index (κ2) is 7.91. The summed E-state index contributed by atoms with van der Waals surface area (Å²) in [6.07, 6.45) is 1.92. The zero-order valence-electron chi connectivity index (χ0n) is 13.0. The van der Waals surface area contributed by atoms with Crippen molar-refractivity contribution in [1.82, 2.24) is 0 Å². The van der Waals surface area contributed by atoms with Gasteiger partial charge in [-0.25, -0.2) is 0 Å². The molecule has 120 valence electrons. The Kier molecular flexibility index (Phi) is 5.91. The number of benzene rings is 1.